The van der Waals surface area contributed by atoms with E-state index in [4.69, 9.17) is 4.74 Å². The highest BCUT2D eigenvalue weighted by Gasteiger charge is 2.25. The molecule has 3 aromatic rings. The number of aromatic amines is 1. The van der Waals surface area contributed by atoms with Crippen molar-refractivity contribution in [2.75, 3.05) is 36.8 Å². The SMILES string of the molecule is CCN(C)S(=O)(=O)Nc1cccc(C(=O)c2c[nH]c3ncnc(NC4CCOCC4)c23)c1F. The van der Waals surface area contributed by atoms with Crippen LogP contribution in [0.1, 0.15) is 35.7 Å². The molecule has 176 valence electrons. The number of carbonyl (C=O) groups excluding carboxylic acids is 1. The first kappa shape index (κ1) is 23.1. The summed E-state index contributed by atoms with van der Waals surface area (Å²) in [6.45, 7) is 3.12. The molecule has 0 saturated carbocycles. The molecule has 3 heterocycles. The summed E-state index contributed by atoms with van der Waals surface area (Å²) in [5, 5.41) is 3.79. The number of aromatic nitrogens is 3. The van der Waals surface area contributed by atoms with E-state index < -0.39 is 21.8 Å². The third-order valence-corrected chi connectivity index (χ3v) is 7.17. The molecule has 0 bridgehead atoms. The lowest BCUT2D eigenvalue weighted by Crippen LogP contribution is -2.32. The number of halogens is 1. The maximum atomic E-state index is 15.2. The smallest absolute Gasteiger partial charge is 0.301 e. The van der Waals surface area contributed by atoms with Gasteiger partial charge < -0.3 is 15.0 Å². The average Bonchev–Trinajstić information content (AvgIpc) is 3.25. The number of rotatable bonds is 8. The van der Waals surface area contributed by atoms with Crippen molar-refractivity contribution in [3.05, 3.63) is 47.7 Å². The van der Waals surface area contributed by atoms with Gasteiger partial charge in [0.25, 0.3) is 0 Å². The van der Waals surface area contributed by atoms with Crippen molar-refractivity contribution in [2.24, 2.45) is 0 Å². The molecular formula is C21H25FN6O4S. The number of nitrogens with one attached hydrogen (secondary N) is 3. The summed E-state index contributed by atoms with van der Waals surface area (Å²) in [4.78, 5) is 24.8. The number of carbonyl (C=O) groups is 1. The fraction of sp³-hybridized carbons (Fsp3) is 0.381. The van der Waals surface area contributed by atoms with Crippen molar-refractivity contribution >= 4 is 38.5 Å². The molecule has 0 unspecified atom stereocenters. The van der Waals surface area contributed by atoms with Gasteiger partial charge in [-0.3, -0.25) is 9.52 Å². The van der Waals surface area contributed by atoms with Crippen molar-refractivity contribution in [3.8, 4) is 0 Å². The number of anilines is 2. The number of ether oxygens (including phenoxy) is 1. The molecule has 1 aliphatic rings. The van der Waals surface area contributed by atoms with Gasteiger partial charge in [-0.25, -0.2) is 14.4 Å². The first-order chi connectivity index (χ1) is 15.8. The summed E-state index contributed by atoms with van der Waals surface area (Å²) >= 11 is 0. The minimum absolute atomic E-state index is 0.125. The molecule has 1 fully saturated rings. The van der Waals surface area contributed by atoms with Gasteiger partial charge in [0.15, 0.2) is 11.6 Å². The molecule has 0 radical (unpaired) electrons. The number of benzene rings is 1. The van der Waals surface area contributed by atoms with E-state index in [0.717, 1.165) is 17.1 Å². The Morgan fingerprint density at radius 1 is 1.27 bits per heavy atom. The van der Waals surface area contributed by atoms with Crippen LogP contribution in [0.4, 0.5) is 15.9 Å². The van der Waals surface area contributed by atoms with Gasteiger partial charge in [-0.05, 0) is 25.0 Å². The summed E-state index contributed by atoms with van der Waals surface area (Å²) in [5.41, 5.74) is 0.0448. The van der Waals surface area contributed by atoms with E-state index in [1.807, 2.05) is 0 Å². The van der Waals surface area contributed by atoms with Crippen LogP contribution in [0.15, 0.2) is 30.7 Å². The van der Waals surface area contributed by atoms with E-state index in [0.29, 0.717) is 30.1 Å². The first-order valence-electron chi connectivity index (χ1n) is 10.6. The molecule has 0 aliphatic carbocycles. The van der Waals surface area contributed by atoms with E-state index >= 15 is 4.39 Å². The highest BCUT2D eigenvalue weighted by molar-refractivity contribution is 7.90. The lowest BCUT2D eigenvalue weighted by molar-refractivity contribution is 0.0904. The monoisotopic (exact) mass is 476 g/mol. The molecule has 33 heavy (non-hydrogen) atoms. The summed E-state index contributed by atoms with van der Waals surface area (Å²) in [7, 11) is -2.59. The van der Waals surface area contributed by atoms with Gasteiger partial charge in [0.05, 0.1) is 22.2 Å². The minimum Gasteiger partial charge on any atom is -0.381 e. The summed E-state index contributed by atoms with van der Waals surface area (Å²) in [6.07, 6.45) is 4.43. The molecule has 1 aliphatic heterocycles. The number of hydrogen-bond acceptors (Lipinski definition) is 7. The van der Waals surface area contributed by atoms with Crippen molar-refractivity contribution in [2.45, 2.75) is 25.8 Å². The molecular weight excluding hydrogens is 451 g/mol. The lowest BCUT2D eigenvalue weighted by atomic mass is 10.0. The van der Waals surface area contributed by atoms with Gasteiger partial charge in [0.1, 0.15) is 17.8 Å². The second-order valence-electron chi connectivity index (χ2n) is 7.70. The van der Waals surface area contributed by atoms with Crippen molar-refractivity contribution in [3.63, 3.8) is 0 Å². The summed E-state index contributed by atoms with van der Waals surface area (Å²) < 4.78 is 48.5. The topological polar surface area (TPSA) is 129 Å². The molecule has 10 nitrogen and oxygen atoms in total. The Hall–Kier alpha value is -3.09. The summed E-state index contributed by atoms with van der Waals surface area (Å²) in [6, 6.07) is 4.13. The van der Waals surface area contributed by atoms with E-state index in [2.05, 4.69) is 25.0 Å². The fourth-order valence-electron chi connectivity index (χ4n) is 3.60. The standard InChI is InChI=1S/C21H25FN6O4S/c1-3-28(2)33(30,31)27-16-6-4-5-14(18(16)22)19(29)15-11-23-20-17(15)21(25-12-24-20)26-13-7-9-32-10-8-13/h4-6,11-13,27H,3,7-10H2,1-2H3,(H2,23,24,25,26). The average molecular weight is 477 g/mol. The van der Waals surface area contributed by atoms with E-state index in [-0.39, 0.29) is 29.4 Å². The maximum Gasteiger partial charge on any atom is 0.301 e. The van der Waals surface area contributed by atoms with Gasteiger partial charge >= 0.3 is 10.2 Å². The number of fused-ring (bicyclic) bond motifs is 1. The minimum atomic E-state index is -3.95. The van der Waals surface area contributed by atoms with Gasteiger partial charge in [0.2, 0.25) is 0 Å². The number of H-pyrrole nitrogens is 1. The zero-order valence-electron chi connectivity index (χ0n) is 18.3. The molecule has 0 amide bonds. The van der Waals surface area contributed by atoms with Gasteiger partial charge in [-0.15, -0.1) is 0 Å². The van der Waals surface area contributed by atoms with Crippen LogP contribution < -0.4 is 10.0 Å². The van der Waals surface area contributed by atoms with E-state index in [1.54, 1.807) is 6.92 Å². The molecule has 1 aromatic carbocycles. The molecule has 0 atom stereocenters. The van der Waals surface area contributed by atoms with Crippen molar-refractivity contribution in [1.29, 1.82) is 0 Å². The quantitative estimate of drug-likeness (QED) is 0.426. The van der Waals surface area contributed by atoms with E-state index in [9.17, 15) is 13.2 Å². The zero-order valence-corrected chi connectivity index (χ0v) is 19.1. The summed E-state index contributed by atoms with van der Waals surface area (Å²) in [5.74, 6) is -1.10. The Labute approximate surface area is 190 Å². The lowest BCUT2D eigenvalue weighted by Gasteiger charge is -2.23. The van der Waals surface area contributed by atoms with Crippen LogP contribution in [0.25, 0.3) is 11.0 Å². The molecule has 2 aromatic heterocycles. The third kappa shape index (κ3) is 4.68. The largest absolute Gasteiger partial charge is 0.381 e. The van der Waals surface area contributed by atoms with Crippen LogP contribution in [-0.2, 0) is 14.9 Å². The van der Waals surface area contributed by atoms with Crippen LogP contribution in [0, 0.1) is 5.82 Å². The third-order valence-electron chi connectivity index (χ3n) is 5.61. The van der Waals surface area contributed by atoms with Gasteiger partial charge in [-0.1, -0.05) is 13.0 Å². The fourth-order valence-corrected chi connectivity index (χ4v) is 4.54. The first-order valence-corrected chi connectivity index (χ1v) is 12.0. The molecule has 1 saturated heterocycles. The van der Waals surface area contributed by atoms with Gasteiger partial charge in [-0.2, -0.15) is 12.7 Å². The van der Waals surface area contributed by atoms with Crippen molar-refractivity contribution < 1.29 is 22.3 Å². The molecule has 4 rings (SSSR count). The second kappa shape index (κ2) is 9.41. The second-order valence-corrected chi connectivity index (χ2v) is 9.47. The maximum absolute atomic E-state index is 15.2. The number of hydrogen-bond donors (Lipinski definition) is 3. The molecule has 3 N–H and O–H groups in total. The predicted octanol–water partition coefficient (Wildman–Crippen LogP) is 2.53. The highest BCUT2D eigenvalue weighted by atomic mass is 32.2. The number of nitrogens with zero attached hydrogens (tertiary/aromatic N) is 3. The van der Waals surface area contributed by atoms with Crippen LogP contribution in [0.5, 0.6) is 0 Å². The Balaban J connectivity index is 1.69. The highest BCUT2D eigenvalue weighted by Crippen LogP contribution is 2.29. The normalized spacial score (nSPS) is 15.2. The van der Waals surface area contributed by atoms with Crippen LogP contribution >= 0.6 is 0 Å². The van der Waals surface area contributed by atoms with Crippen LogP contribution in [0.3, 0.4) is 0 Å². The van der Waals surface area contributed by atoms with E-state index in [1.165, 1.54) is 37.8 Å². The van der Waals surface area contributed by atoms with Crippen LogP contribution in [-0.4, -0.2) is 66.3 Å². The van der Waals surface area contributed by atoms with Gasteiger partial charge in [0, 0.05) is 39.0 Å². The molecule has 0 spiro atoms. The Morgan fingerprint density at radius 2 is 2.03 bits per heavy atom. The predicted molar refractivity (Wildman–Crippen MR) is 122 cm³/mol. The zero-order chi connectivity index (χ0) is 23.6. The Kier molecular flexibility index (Phi) is 6.58. The Morgan fingerprint density at radius 3 is 2.76 bits per heavy atom. The molecule has 12 heteroatoms. The number of ketones is 1. The van der Waals surface area contributed by atoms with Crippen LogP contribution in [0.2, 0.25) is 0 Å². The Bertz CT molecular complexity index is 1270. The van der Waals surface area contributed by atoms with Crippen molar-refractivity contribution in [1.82, 2.24) is 19.3 Å².